The first-order valence-electron chi connectivity index (χ1n) is 3.34. The van der Waals surface area contributed by atoms with E-state index in [1.54, 1.807) is 0 Å². The molecule has 1 aromatic carbocycles. The van der Waals surface area contributed by atoms with Gasteiger partial charge in [0.15, 0.2) is 0 Å². The summed E-state index contributed by atoms with van der Waals surface area (Å²) in [6, 6.07) is 5.48. The van der Waals surface area contributed by atoms with Crippen molar-refractivity contribution in [2.75, 3.05) is 11.6 Å². The zero-order valence-electron chi connectivity index (χ0n) is 5.98. The van der Waals surface area contributed by atoms with Crippen LogP contribution in [-0.4, -0.2) is 5.88 Å². The van der Waals surface area contributed by atoms with Gasteiger partial charge in [0.25, 0.3) is 0 Å². The van der Waals surface area contributed by atoms with E-state index < -0.39 is 0 Å². The number of benzene rings is 1. The summed E-state index contributed by atoms with van der Waals surface area (Å²) < 4.78 is 0. The van der Waals surface area contributed by atoms with Gasteiger partial charge < -0.3 is 5.73 Å². The molecule has 11 heavy (non-hydrogen) atoms. The Hall–Kier alpha value is -0.400. The maximum Gasteiger partial charge on any atom is 0.0458 e. The molecule has 0 spiro atoms. The topological polar surface area (TPSA) is 26.0 Å². The molecule has 0 amide bonds. The van der Waals surface area contributed by atoms with Crippen LogP contribution in [0.2, 0.25) is 5.02 Å². The molecule has 0 aliphatic rings. The van der Waals surface area contributed by atoms with Gasteiger partial charge in [-0.15, -0.1) is 11.6 Å². The molecule has 0 heterocycles. The highest BCUT2D eigenvalue weighted by molar-refractivity contribution is 6.31. The maximum atomic E-state index is 5.87. The molecule has 0 unspecified atom stereocenters. The molecular formula is C8H9Cl2N. The predicted molar refractivity (Wildman–Crippen MR) is 50.3 cm³/mol. The van der Waals surface area contributed by atoms with Crippen molar-refractivity contribution >= 4 is 28.9 Å². The van der Waals surface area contributed by atoms with Crippen molar-refractivity contribution in [2.45, 2.75) is 6.42 Å². The normalized spacial score (nSPS) is 10.0. The molecule has 0 aliphatic carbocycles. The minimum atomic E-state index is 0.550. The Bertz CT molecular complexity index is 228. The van der Waals surface area contributed by atoms with E-state index in [9.17, 15) is 0 Å². The number of nitrogen functional groups attached to an aromatic ring is 1. The molecule has 0 fully saturated rings. The number of alkyl halides is 1. The second-order valence-corrected chi connectivity index (χ2v) is 3.03. The first-order valence-corrected chi connectivity index (χ1v) is 4.25. The van der Waals surface area contributed by atoms with Gasteiger partial charge in [-0.25, -0.2) is 0 Å². The van der Waals surface area contributed by atoms with Crippen LogP contribution in [0.1, 0.15) is 5.56 Å². The van der Waals surface area contributed by atoms with Crippen molar-refractivity contribution < 1.29 is 0 Å². The lowest BCUT2D eigenvalue weighted by Crippen LogP contribution is -1.95. The average Bonchev–Trinajstić information content (AvgIpc) is 1.97. The Morgan fingerprint density at radius 2 is 2.09 bits per heavy atom. The molecule has 1 nitrogen and oxygen atoms in total. The van der Waals surface area contributed by atoms with E-state index in [2.05, 4.69) is 0 Å². The van der Waals surface area contributed by atoms with Gasteiger partial charge in [-0.1, -0.05) is 17.7 Å². The van der Waals surface area contributed by atoms with E-state index in [1.165, 1.54) is 0 Å². The number of anilines is 1. The molecule has 0 atom stereocenters. The highest BCUT2D eigenvalue weighted by Gasteiger charge is 2.01. The van der Waals surface area contributed by atoms with Crippen LogP contribution in [0.15, 0.2) is 18.2 Å². The molecule has 0 saturated heterocycles. The largest absolute Gasteiger partial charge is 0.398 e. The monoisotopic (exact) mass is 189 g/mol. The molecule has 2 N–H and O–H groups in total. The second-order valence-electron chi connectivity index (χ2n) is 2.25. The fourth-order valence-electron chi connectivity index (χ4n) is 0.934. The predicted octanol–water partition coefficient (Wildman–Crippen LogP) is 2.70. The lowest BCUT2D eigenvalue weighted by atomic mass is 10.1. The quantitative estimate of drug-likeness (QED) is 0.563. The van der Waals surface area contributed by atoms with E-state index in [1.807, 2.05) is 18.2 Å². The summed E-state index contributed by atoms with van der Waals surface area (Å²) >= 11 is 11.4. The Morgan fingerprint density at radius 3 is 2.64 bits per heavy atom. The van der Waals surface area contributed by atoms with Crippen molar-refractivity contribution in [3.05, 3.63) is 28.8 Å². The third kappa shape index (κ3) is 2.01. The minimum Gasteiger partial charge on any atom is -0.398 e. The highest BCUT2D eigenvalue weighted by atomic mass is 35.5. The molecular weight excluding hydrogens is 181 g/mol. The van der Waals surface area contributed by atoms with Crippen molar-refractivity contribution in [1.82, 2.24) is 0 Å². The molecule has 1 aromatic rings. The number of hydrogen-bond acceptors (Lipinski definition) is 1. The van der Waals surface area contributed by atoms with Crippen molar-refractivity contribution in [3.8, 4) is 0 Å². The third-order valence-electron chi connectivity index (χ3n) is 1.50. The second kappa shape index (κ2) is 3.84. The number of nitrogens with two attached hydrogens (primary N) is 1. The van der Waals surface area contributed by atoms with Gasteiger partial charge in [0.1, 0.15) is 0 Å². The summed E-state index contributed by atoms with van der Waals surface area (Å²) in [6.45, 7) is 0. The molecule has 0 aromatic heterocycles. The third-order valence-corrected chi connectivity index (χ3v) is 2.04. The standard InChI is InChI=1S/C8H9Cl2N/c9-5-4-6-7(10)2-1-3-8(6)11/h1-3H,4-5,11H2. The maximum absolute atomic E-state index is 5.87. The molecule has 0 radical (unpaired) electrons. The van der Waals surface area contributed by atoms with Crippen molar-refractivity contribution in [3.63, 3.8) is 0 Å². The highest BCUT2D eigenvalue weighted by Crippen LogP contribution is 2.22. The van der Waals surface area contributed by atoms with Crippen molar-refractivity contribution in [2.24, 2.45) is 0 Å². The summed E-state index contributed by atoms with van der Waals surface area (Å²) in [5, 5.41) is 0.700. The van der Waals surface area contributed by atoms with Gasteiger partial charge in [0, 0.05) is 16.6 Å². The minimum absolute atomic E-state index is 0.550. The van der Waals surface area contributed by atoms with E-state index in [4.69, 9.17) is 28.9 Å². The van der Waals surface area contributed by atoms with Crippen LogP contribution in [-0.2, 0) is 6.42 Å². The number of rotatable bonds is 2. The molecule has 0 aliphatic heterocycles. The number of halogens is 2. The average molecular weight is 190 g/mol. The molecule has 0 bridgehead atoms. The lowest BCUT2D eigenvalue weighted by Gasteiger charge is -2.04. The fraction of sp³-hybridized carbons (Fsp3) is 0.250. The van der Waals surface area contributed by atoms with Crippen LogP contribution in [0.5, 0.6) is 0 Å². The summed E-state index contributed by atoms with van der Waals surface area (Å²) in [6.07, 6.45) is 0.729. The van der Waals surface area contributed by atoms with E-state index in [0.717, 1.165) is 17.7 Å². The lowest BCUT2D eigenvalue weighted by molar-refractivity contribution is 1.15. The van der Waals surface area contributed by atoms with Gasteiger partial charge in [0.2, 0.25) is 0 Å². The SMILES string of the molecule is Nc1cccc(Cl)c1CCCl. The van der Waals surface area contributed by atoms with Crippen LogP contribution in [0.3, 0.4) is 0 Å². The van der Waals surface area contributed by atoms with Gasteiger partial charge in [-0.05, 0) is 24.1 Å². The van der Waals surface area contributed by atoms with E-state index >= 15 is 0 Å². The summed E-state index contributed by atoms with van der Waals surface area (Å²) in [4.78, 5) is 0. The van der Waals surface area contributed by atoms with Crippen LogP contribution >= 0.6 is 23.2 Å². The van der Waals surface area contributed by atoms with Crippen molar-refractivity contribution in [1.29, 1.82) is 0 Å². The van der Waals surface area contributed by atoms with Gasteiger partial charge in [0.05, 0.1) is 0 Å². The van der Waals surface area contributed by atoms with Crippen LogP contribution in [0.25, 0.3) is 0 Å². The Morgan fingerprint density at radius 1 is 1.36 bits per heavy atom. The van der Waals surface area contributed by atoms with Gasteiger partial charge in [-0.3, -0.25) is 0 Å². The van der Waals surface area contributed by atoms with E-state index in [0.29, 0.717) is 10.9 Å². The Kier molecular flexibility index (Phi) is 3.03. The first-order chi connectivity index (χ1) is 5.25. The van der Waals surface area contributed by atoms with Crippen LogP contribution in [0.4, 0.5) is 5.69 Å². The fourth-order valence-corrected chi connectivity index (χ4v) is 1.40. The summed E-state index contributed by atoms with van der Waals surface area (Å²) in [7, 11) is 0. The summed E-state index contributed by atoms with van der Waals surface area (Å²) in [5.41, 5.74) is 7.33. The smallest absolute Gasteiger partial charge is 0.0458 e. The number of hydrogen-bond donors (Lipinski definition) is 1. The zero-order chi connectivity index (χ0) is 8.27. The Labute approximate surface area is 76.1 Å². The van der Waals surface area contributed by atoms with Gasteiger partial charge in [-0.2, -0.15) is 0 Å². The summed E-state index contributed by atoms with van der Waals surface area (Å²) in [5.74, 6) is 0.550. The zero-order valence-corrected chi connectivity index (χ0v) is 7.49. The molecule has 1 rings (SSSR count). The van der Waals surface area contributed by atoms with E-state index in [-0.39, 0.29) is 0 Å². The van der Waals surface area contributed by atoms with Gasteiger partial charge >= 0.3 is 0 Å². The molecule has 0 saturated carbocycles. The Balaban J connectivity index is 3.00. The molecule has 3 heteroatoms. The first kappa shape index (κ1) is 8.69. The van der Waals surface area contributed by atoms with Crippen LogP contribution < -0.4 is 5.73 Å². The molecule has 60 valence electrons. The van der Waals surface area contributed by atoms with Crippen LogP contribution in [0, 0.1) is 0 Å².